The lowest BCUT2D eigenvalue weighted by molar-refractivity contribution is -0.141. The van der Waals surface area contributed by atoms with Gasteiger partial charge in [-0.25, -0.2) is 0 Å². The van der Waals surface area contributed by atoms with Gasteiger partial charge in [0.15, 0.2) is 4.80 Å². The maximum absolute atomic E-state index is 12.7. The van der Waals surface area contributed by atoms with E-state index < -0.39 is 30.2 Å². The zero-order chi connectivity index (χ0) is 22.8. The van der Waals surface area contributed by atoms with Crippen molar-refractivity contribution >= 4 is 45.2 Å². The minimum Gasteiger partial charge on any atom is -0.492 e. The van der Waals surface area contributed by atoms with E-state index in [0.717, 1.165) is 9.60 Å². The Morgan fingerprint density at radius 3 is 2.31 bits per heavy atom. The van der Waals surface area contributed by atoms with E-state index in [-0.39, 0.29) is 22.5 Å². The third kappa shape index (κ3) is 3.80. The van der Waals surface area contributed by atoms with Crippen LogP contribution in [-0.2, 0) is 20.9 Å². The summed E-state index contributed by atoms with van der Waals surface area (Å²) in [5.74, 6) is -1.74. The molecule has 0 radical (unpaired) electrons. The Bertz CT molecular complexity index is 1290. The van der Waals surface area contributed by atoms with Crippen LogP contribution in [0.1, 0.15) is 27.6 Å². The molecule has 3 aromatic rings. The molecule has 3 amide bonds. The van der Waals surface area contributed by atoms with Gasteiger partial charge in [-0.15, -0.1) is 0 Å². The van der Waals surface area contributed by atoms with Crippen LogP contribution >= 0.6 is 11.3 Å². The second kappa shape index (κ2) is 8.75. The van der Waals surface area contributed by atoms with Gasteiger partial charge < -0.3 is 14.0 Å². The van der Waals surface area contributed by atoms with Crippen molar-refractivity contribution in [2.45, 2.75) is 13.5 Å². The second-order valence-electron chi connectivity index (χ2n) is 6.83. The highest BCUT2D eigenvalue weighted by Gasteiger charge is 2.36. The molecule has 0 saturated carbocycles. The average molecular weight is 453 g/mol. The number of fused-ring (bicyclic) bond motifs is 2. The number of imide groups is 1. The van der Waals surface area contributed by atoms with Gasteiger partial charge in [0.25, 0.3) is 17.7 Å². The molecular weight excluding hydrogens is 434 g/mol. The summed E-state index contributed by atoms with van der Waals surface area (Å²) < 4.78 is 12.8. The van der Waals surface area contributed by atoms with E-state index in [0.29, 0.717) is 17.9 Å². The largest absolute Gasteiger partial charge is 0.492 e. The van der Waals surface area contributed by atoms with Gasteiger partial charge in [-0.1, -0.05) is 29.5 Å². The first kappa shape index (κ1) is 21.4. The molecule has 2 heterocycles. The average Bonchev–Trinajstić information content (AvgIpc) is 3.25. The molecular formula is C22H19N3O6S. The third-order valence-corrected chi connectivity index (χ3v) is 5.91. The number of amides is 3. The number of ether oxygens (including phenoxy) is 2. The predicted octanol–water partition coefficient (Wildman–Crippen LogP) is 2.00. The number of aromatic nitrogens is 1. The first-order valence-electron chi connectivity index (χ1n) is 9.79. The van der Waals surface area contributed by atoms with Crippen LogP contribution in [0.2, 0.25) is 0 Å². The van der Waals surface area contributed by atoms with Gasteiger partial charge in [0.2, 0.25) is 0 Å². The van der Waals surface area contributed by atoms with Gasteiger partial charge in [-0.3, -0.25) is 24.1 Å². The van der Waals surface area contributed by atoms with E-state index in [1.165, 1.54) is 23.0 Å². The molecule has 0 N–H and O–H groups in total. The summed E-state index contributed by atoms with van der Waals surface area (Å²) in [7, 11) is 1.27. The molecule has 1 aromatic heterocycles. The first-order valence-corrected chi connectivity index (χ1v) is 10.6. The molecule has 9 nitrogen and oxygen atoms in total. The van der Waals surface area contributed by atoms with Gasteiger partial charge in [0.1, 0.15) is 24.4 Å². The summed E-state index contributed by atoms with van der Waals surface area (Å²) in [6.45, 7) is 1.57. The molecule has 0 atom stereocenters. The number of carbonyl (C=O) groups is 4. The SMILES string of the molecule is CCOc1cccc2sc(=NC(=O)CN3C(=O)c4ccccc4C3=O)n(CC(=O)OC)c12. The summed E-state index contributed by atoms with van der Waals surface area (Å²) in [5, 5.41) is 0. The van der Waals surface area contributed by atoms with E-state index in [4.69, 9.17) is 9.47 Å². The second-order valence-corrected chi connectivity index (χ2v) is 7.84. The fourth-order valence-corrected chi connectivity index (χ4v) is 4.52. The number of carbonyl (C=O) groups excluding carboxylic acids is 4. The van der Waals surface area contributed by atoms with Gasteiger partial charge in [-0.2, -0.15) is 4.99 Å². The minimum absolute atomic E-state index is 0.181. The Balaban J connectivity index is 1.72. The highest BCUT2D eigenvalue weighted by Crippen LogP contribution is 2.28. The molecule has 1 aliphatic rings. The quantitative estimate of drug-likeness (QED) is 0.417. The molecule has 0 fully saturated rings. The van der Waals surface area contributed by atoms with E-state index in [1.807, 2.05) is 13.0 Å². The Kier molecular flexibility index (Phi) is 5.87. The normalized spacial score (nSPS) is 13.6. The van der Waals surface area contributed by atoms with E-state index in [9.17, 15) is 19.2 Å². The zero-order valence-corrected chi connectivity index (χ0v) is 18.2. The number of hydrogen-bond donors (Lipinski definition) is 0. The lowest BCUT2D eigenvalue weighted by atomic mass is 10.1. The summed E-state index contributed by atoms with van der Waals surface area (Å²) in [4.78, 5) is 55.0. The molecule has 0 bridgehead atoms. The molecule has 164 valence electrons. The summed E-state index contributed by atoms with van der Waals surface area (Å²) >= 11 is 1.19. The maximum atomic E-state index is 12.7. The lowest BCUT2D eigenvalue weighted by Crippen LogP contribution is -2.35. The van der Waals surface area contributed by atoms with E-state index >= 15 is 0 Å². The highest BCUT2D eigenvalue weighted by atomic mass is 32.1. The fraction of sp³-hybridized carbons (Fsp3) is 0.227. The van der Waals surface area contributed by atoms with Crippen molar-refractivity contribution in [3.05, 3.63) is 58.4 Å². The Labute approximate surface area is 186 Å². The maximum Gasteiger partial charge on any atom is 0.325 e. The van der Waals surface area contributed by atoms with Crippen molar-refractivity contribution in [3.8, 4) is 5.75 Å². The van der Waals surface area contributed by atoms with Crippen molar-refractivity contribution in [2.75, 3.05) is 20.3 Å². The molecule has 0 unspecified atom stereocenters. The molecule has 1 aliphatic heterocycles. The van der Waals surface area contributed by atoms with Crippen LogP contribution in [0.15, 0.2) is 47.5 Å². The van der Waals surface area contributed by atoms with Gasteiger partial charge >= 0.3 is 5.97 Å². The summed E-state index contributed by atoms with van der Waals surface area (Å²) in [5.41, 5.74) is 1.13. The summed E-state index contributed by atoms with van der Waals surface area (Å²) in [6.07, 6.45) is 0. The van der Waals surface area contributed by atoms with Crippen molar-refractivity contribution in [2.24, 2.45) is 4.99 Å². The lowest BCUT2D eigenvalue weighted by Gasteiger charge is -2.11. The van der Waals surface area contributed by atoms with Crippen LogP contribution in [0.4, 0.5) is 0 Å². The van der Waals surface area contributed by atoms with E-state index in [1.54, 1.807) is 36.4 Å². The number of rotatable bonds is 6. The topological polar surface area (TPSA) is 107 Å². The molecule has 0 saturated heterocycles. The first-order chi connectivity index (χ1) is 15.4. The highest BCUT2D eigenvalue weighted by molar-refractivity contribution is 7.16. The molecule has 10 heteroatoms. The molecule has 0 spiro atoms. The Morgan fingerprint density at radius 1 is 1.00 bits per heavy atom. The monoisotopic (exact) mass is 453 g/mol. The summed E-state index contributed by atoms with van der Waals surface area (Å²) in [6, 6.07) is 11.8. The zero-order valence-electron chi connectivity index (χ0n) is 17.4. The van der Waals surface area contributed by atoms with Crippen molar-refractivity contribution < 1.29 is 28.7 Å². The van der Waals surface area contributed by atoms with Crippen molar-refractivity contribution in [1.82, 2.24) is 9.47 Å². The van der Waals surface area contributed by atoms with Crippen LogP contribution in [0.5, 0.6) is 5.75 Å². The van der Waals surface area contributed by atoms with Crippen LogP contribution in [0.3, 0.4) is 0 Å². The predicted molar refractivity (Wildman–Crippen MR) is 115 cm³/mol. The van der Waals surface area contributed by atoms with Gasteiger partial charge in [-0.05, 0) is 31.2 Å². The van der Waals surface area contributed by atoms with E-state index in [2.05, 4.69) is 4.99 Å². The molecule has 0 aliphatic carbocycles. The van der Waals surface area contributed by atoms with Crippen LogP contribution < -0.4 is 9.54 Å². The van der Waals surface area contributed by atoms with Gasteiger partial charge in [0.05, 0.1) is 29.5 Å². The number of esters is 1. The van der Waals surface area contributed by atoms with Crippen LogP contribution in [-0.4, -0.2) is 53.4 Å². The number of hydrogen-bond acceptors (Lipinski definition) is 7. The van der Waals surface area contributed by atoms with Crippen molar-refractivity contribution in [1.29, 1.82) is 0 Å². The van der Waals surface area contributed by atoms with Gasteiger partial charge in [0, 0.05) is 0 Å². The molecule has 32 heavy (non-hydrogen) atoms. The number of nitrogens with zero attached hydrogens (tertiary/aromatic N) is 3. The number of para-hydroxylation sites is 1. The number of thiazole rings is 1. The standard InChI is InChI=1S/C22H19N3O6S/c1-3-31-15-9-6-10-16-19(15)24(12-18(27)30-2)22(32-16)23-17(26)11-25-20(28)13-7-4-5-8-14(13)21(25)29/h4-10H,3,11-12H2,1-2H3. The molecule has 2 aromatic carbocycles. The van der Waals surface area contributed by atoms with Crippen LogP contribution in [0, 0.1) is 0 Å². The number of methoxy groups -OCH3 is 1. The molecule has 4 rings (SSSR count). The van der Waals surface area contributed by atoms with Crippen molar-refractivity contribution in [3.63, 3.8) is 0 Å². The van der Waals surface area contributed by atoms with Crippen LogP contribution in [0.25, 0.3) is 10.2 Å². The minimum atomic E-state index is -0.692. The smallest absolute Gasteiger partial charge is 0.325 e. The Morgan fingerprint density at radius 2 is 1.69 bits per heavy atom. The Hall–Kier alpha value is -3.79. The number of benzene rings is 2. The third-order valence-electron chi connectivity index (χ3n) is 4.87. The fourth-order valence-electron chi connectivity index (χ4n) is 3.46.